The molecule has 1 heterocycles. The summed E-state index contributed by atoms with van der Waals surface area (Å²) in [6.45, 7) is 12.4. The highest BCUT2D eigenvalue weighted by atomic mass is 127. The predicted molar refractivity (Wildman–Crippen MR) is 133 cm³/mol. The van der Waals surface area contributed by atoms with Crippen molar-refractivity contribution in [2.75, 3.05) is 25.0 Å². The standard InChI is InChI=1S/C22H37N5O.HI/c1-5-7-21(28)25-19-10-8-18(9-11-19)16-24-22(23-6-2)26-20-12-14-27(15-13-20)17(3)4;/h8-11,17,20H,5-7,12-16H2,1-4H3,(H,25,28)(H2,23,24,26);1H. The van der Waals surface area contributed by atoms with Crippen molar-refractivity contribution in [1.29, 1.82) is 0 Å². The summed E-state index contributed by atoms with van der Waals surface area (Å²) in [7, 11) is 0. The molecule has 1 aromatic carbocycles. The van der Waals surface area contributed by atoms with Crippen LogP contribution in [0.5, 0.6) is 0 Å². The van der Waals surface area contributed by atoms with E-state index in [1.165, 1.54) is 0 Å². The molecule has 164 valence electrons. The summed E-state index contributed by atoms with van der Waals surface area (Å²) in [4.78, 5) is 19.0. The van der Waals surface area contributed by atoms with Gasteiger partial charge < -0.3 is 20.9 Å². The molecular formula is C22H38IN5O. The van der Waals surface area contributed by atoms with Crippen molar-refractivity contribution in [2.24, 2.45) is 4.99 Å². The summed E-state index contributed by atoms with van der Waals surface area (Å²) in [6, 6.07) is 9.04. The first-order chi connectivity index (χ1) is 13.5. The number of guanidine groups is 1. The van der Waals surface area contributed by atoms with Crippen LogP contribution in [0, 0.1) is 0 Å². The molecule has 3 N–H and O–H groups in total. The maximum atomic E-state index is 11.7. The van der Waals surface area contributed by atoms with Crippen LogP contribution in [0.4, 0.5) is 5.69 Å². The smallest absolute Gasteiger partial charge is 0.224 e. The van der Waals surface area contributed by atoms with E-state index in [0.29, 0.717) is 25.0 Å². The lowest BCUT2D eigenvalue weighted by molar-refractivity contribution is -0.116. The third-order valence-corrected chi connectivity index (χ3v) is 5.08. The number of amides is 1. The lowest BCUT2D eigenvalue weighted by Gasteiger charge is -2.35. The summed E-state index contributed by atoms with van der Waals surface area (Å²) in [6.07, 6.45) is 3.71. The number of hydrogen-bond donors (Lipinski definition) is 3. The summed E-state index contributed by atoms with van der Waals surface area (Å²) in [5.74, 6) is 0.946. The lowest BCUT2D eigenvalue weighted by atomic mass is 10.0. The second-order valence-corrected chi connectivity index (χ2v) is 7.74. The first-order valence-corrected chi connectivity index (χ1v) is 10.7. The molecule has 0 saturated carbocycles. The van der Waals surface area contributed by atoms with Gasteiger partial charge in [-0.1, -0.05) is 19.1 Å². The number of anilines is 1. The van der Waals surface area contributed by atoms with Gasteiger partial charge in [0.1, 0.15) is 0 Å². The molecule has 1 fully saturated rings. The molecule has 1 aromatic rings. The molecule has 1 aliphatic heterocycles. The van der Waals surface area contributed by atoms with Crippen LogP contribution in [0.3, 0.4) is 0 Å². The van der Waals surface area contributed by atoms with Crippen LogP contribution in [0.1, 0.15) is 58.9 Å². The summed E-state index contributed by atoms with van der Waals surface area (Å²) in [5, 5.41) is 9.86. The van der Waals surface area contributed by atoms with E-state index >= 15 is 0 Å². The fraction of sp³-hybridized carbons (Fsp3) is 0.636. The zero-order chi connectivity index (χ0) is 20.4. The number of aliphatic imine (C=N–C) groups is 1. The maximum Gasteiger partial charge on any atom is 0.224 e. The summed E-state index contributed by atoms with van der Waals surface area (Å²) < 4.78 is 0. The van der Waals surface area contributed by atoms with Crippen LogP contribution in [0.2, 0.25) is 0 Å². The van der Waals surface area contributed by atoms with Crippen molar-refractivity contribution in [2.45, 2.75) is 72.0 Å². The maximum absolute atomic E-state index is 11.7. The topological polar surface area (TPSA) is 68.8 Å². The number of nitrogens with one attached hydrogen (secondary N) is 3. The minimum absolute atomic E-state index is 0. The molecule has 2 rings (SSSR count). The normalized spacial score (nSPS) is 15.7. The third kappa shape index (κ3) is 9.33. The molecule has 0 atom stereocenters. The monoisotopic (exact) mass is 515 g/mol. The van der Waals surface area contributed by atoms with Crippen LogP contribution in [-0.4, -0.2) is 48.5 Å². The minimum Gasteiger partial charge on any atom is -0.357 e. The van der Waals surface area contributed by atoms with Crippen molar-refractivity contribution in [1.82, 2.24) is 15.5 Å². The second-order valence-electron chi connectivity index (χ2n) is 7.74. The lowest BCUT2D eigenvalue weighted by Crippen LogP contribution is -2.49. The fourth-order valence-corrected chi connectivity index (χ4v) is 3.39. The van der Waals surface area contributed by atoms with Gasteiger partial charge in [0.15, 0.2) is 5.96 Å². The van der Waals surface area contributed by atoms with Crippen LogP contribution in [0.15, 0.2) is 29.3 Å². The quantitative estimate of drug-likeness (QED) is 0.279. The molecule has 29 heavy (non-hydrogen) atoms. The van der Waals surface area contributed by atoms with E-state index in [9.17, 15) is 4.79 Å². The van der Waals surface area contributed by atoms with Gasteiger partial charge in [0.25, 0.3) is 0 Å². The number of hydrogen-bond acceptors (Lipinski definition) is 3. The third-order valence-electron chi connectivity index (χ3n) is 5.08. The molecule has 0 spiro atoms. The van der Waals surface area contributed by atoms with Gasteiger partial charge in [-0.15, -0.1) is 24.0 Å². The second kappa shape index (κ2) is 13.8. The predicted octanol–water partition coefficient (Wildman–Crippen LogP) is 3.97. The van der Waals surface area contributed by atoms with E-state index < -0.39 is 0 Å². The number of carbonyl (C=O) groups excluding carboxylic acids is 1. The van der Waals surface area contributed by atoms with Gasteiger partial charge >= 0.3 is 0 Å². The summed E-state index contributed by atoms with van der Waals surface area (Å²) in [5.41, 5.74) is 1.97. The Morgan fingerprint density at radius 3 is 2.38 bits per heavy atom. The number of likely N-dealkylation sites (tertiary alicyclic amines) is 1. The van der Waals surface area contributed by atoms with Gasteiger partial charge in [-0.3, -0.25) is 4.79 Å². The van der Waals surface area contributed by atoms with Gasteiger partial charge in [-0.05, 0) is 57.7 Å². The highest BCUT2D eigenvalue weighted by Crippen LogP contribution is 2.13. The van der Waals surface area contributed by atoms with Crippen LogP contribution in [-0.2, 0) is 11.3 Å². The molecule has 1 aliphatic rings. The Morgan fingerprint density at radius 1 is 1.17 bits per heavy atom. The first kappa shape index (κ1) is 25.7. The van der Waals surface area contributed by atoms with Crippen molar-refractivity contribution < 1.29 is 4.79 Å². The van der Waals surface area contributed by atoms with E-state index in [2.05, 4.69) is 41.6 Å². The molecule has 0 bridgehead atoms. The Bertz CT molecular complexity index is 625. The molecule has 1 amide bonds. The number of rotatable bonds is 8. The number of piperidine rings is 1. The van der Waals surface area contributed by atoms with Gasteiger partial charge in [-0.2, -0.15) is 0 Å². The Labute approximate surface area is 193 Å². The summed E-state index contributed by atoms with van der Waals surface area (Å²) >= 11 is 0. The van der Waals surface area contributed by atoms with Crippen LogP contribution >= 0.6 is 24.0 Å². The van der Waals surface area contributed by atoms with Crippen LogP contribution in [0.25, 0.3) is 0 Å². The fourth-order valence-electron chi connectivity index (χ4n) is 3.39. The zero-order valence-corrected chi connectivity index (χ0v) is 20.7. The Hall–Kier alpha value is -1.35. The number of carbonyl (C=O) groups is 1. The molecule has 0 aliphatic carbocycles. The highest BCUT2D eigenvalue weighted by molar-refractivity contribution is 14.0. The van der Waals surface area contributed by atoms with Gasteiger partial charge in [0.2, 0.25) is 5.91 Å². The van der Waals surface area contributed by atoms with E-state index in [0.717, 1.165) is 56.1 Å². The van der Waals surface area contributed by atoms with Crippen molar-refractivity contribution in [3.8, 4) is 0 Å². The number of benzene rings is 1. The highest BCUT2D eigenvalue weighted by Gasteiger charge is 2.21. The Morgan fingerprint density at radius 2 is 1.83 bits per heavy atom. The van der Waals surface area contributed by atoms with E-state index in [4.69, 9.17) is 4.99 Å². The molecule has 6 nitrogen and oxygen atoms in total. The first-order valence-electron chi connectivity index (χ1n) is 10.7. The minimum atomic E-state index is 0. The largest absolute Gasteiger partial charge is 0.357 e. The average molecular weight is 515 g/mol. The van der Waals surface area contributed by atoms with Crippen molar-refractivity contribution >= 4 is 41.5 Å². The van der Waals surface area contributed by atoms with Crippen LogP contribution < -0.4 is 16.0 Å². The van der Waals surface area contributed by atoms with Gasteiger partial charge in [-0.25, -0.2) is 4.99 Å². The number of nitrogens with zero attached hydrogens (tertiary/aromatic N) is 2. The average Bonchev–Trinajstić information content (AvgIpc) is 2.68. The molecule has 0 radical (unpaired) electrons. The Balaban J connectivity index is 0.00000420. The Kier molecular flexibility index (Phi) is 12.2. The molecular weight excluding hydrogens is 477 g/mol. The molecule has 0 unspecified atom stereocenters. The van der Waals surface area contributed by atoms with Gasteiger partial charge in [0, 0.05) is 43.8 Å². The van der Waals surface area contributed by atoms with E-state index in [1.54, 1.807) is 0 Å². The van der Waals surface area contributed by atoms with Gasteiger partial charge in [0.05, 0.1) is 6.54 Å². The SMILES string of the molecule is CCCC(=O)Nc1ccc(CN=C(NCC)NC2CCN(C(C)C)CC2)cc1.I. The molecule has 0 aromatic heterocycles. The van der Waals surface area contributed by atoms with Crippen molar-refractivity contribution in [3.63, 3.8) is 0 Å². The zero-order valence-electron chi connectivity index (χ0n) is 18.3. The molecule has 7 heteroatoms. The number of halogens is 1. The molecule has 1 saturated heterocycles. The van der Waals surface area contributed by atoms with E-state index in [-0.39, 0.29) is 29.9 Å². The van der Waals surface area contributed by atoms with E-state index in [1.807, 2.05) is 31.2 Å². The van der Waals surface area contributed by atoms with Crippen molar-refractivity contribution in [3.05, 3.63) is 29.8 Å².